The van der Waals surface area contributed by atoms with E-state index in [2.05, 4.69) is 10.3 Å². The summed E-state index contributed by atoms with van der Waals surface area (Å²) in [4.78, 5) is 4.25. The summed E-state index contributed by atoms with van der Waals surface area (Å²) in [5.74, 6) is 1.69. The monoisotopic (exact) mass is 404 g/mol. The Hall–Kier alpha value is -2.94. The third-order valence-electron chi connectivity index (χ3n) is 4.08. The van der Waals surface area contributed by atoms with Crippen LogP contribution in [-0.4, -0.2) is 33.2 Å². The lowest BCUT2D eigenvalue weighted by molar-refractivity contribution is 0.171. The Morgan fingerprint density at radius 3 is 2.64 bits per heavy atom. The van der Waals surface area contributed by atoms with Gasteiger partial charge >= 0.3 is 0 Å². The number of aromatic nitrogens is 1. The van der Waals surface area contributed by atoms with Gasteiger partial charge in [0, 0.05) is 12.6 Å². The summed E-state index contributed by atoms with van der Waals surface area (Å²) in [5, 5.41) is 2.83. The van der Waals surface area contributed by atoms with Gasteiger partial charge in [-0.1, -0.05) is 13.8 Å². The maximum Gasteiger partial charge on any atom is 0.266 e. The van der Waals surface area contributed by atoms with Crippen LogP contribution in [0.4, 0.5) is 5.88 Å². The minimum Gasteiger partial charge on any atom is -0.486 e. The number of nitrogens with zero attached hydrogens (tertiary/aromatic N) is 1. The summed E-state index contributed by atoms with van der Waals surface area (Å²) >= 11 is 0. The maximum absolute atomic E-state index is 13.3. The molecule has 28 heavy (non-hydrogen) atoms. The van der Waals surface area contributed by atoms with Crippen LogP contribution in [0.15, 0.2) is 55.4 Å². The fourth-order valence-corrected chi connectivity index (χ4v) is 4.00. The first-order valence-electron chi connectivity index (χ1n) is 8.88. The summed E-state index contributed by atoms with van der Waals surface area (Å²) in [6.45, 7) is 5.33. The summed E-state index contributed by atoms with van der Waals surface area (Å²) in [5.41, 5.74) is 0. The number of sulfone groups is 1. The van der Waals surface area contributed by atoms with E-state index in [1.54, 1.807) is 18.2 Å². The normalized spacial score (nSPS) is 13.7. The number of furan rings is 1. The second-order valence-electron chi connectivity index (χ2n) is 6.71. The van der Waals surface area contributed by atoms with Crippen molar-refractivity contribution < 1.29 is 26.7 Å². The number of fused-ring (bicyclic) bond motifs is 1. The zero-order valence-corrected chi connectivity index (χ0v) is 16.3. The molecule has 2 aromatic heterocycles. The van der Waals surface area contributed by atoms with E-state index < -0.39 is 9.84 Å². The molecule has 0 spiro atoms. The molecule has 1 aliphatic heterocycles. The van der Waals surface area contributed by atoms with Gasteiger partial charge in [-0.3, -0.25) is 0 Å². The van der Waals surface area contributed by atoms with Crippen LogP contribution in [0.1, 0.15) is 13.8 Å². The van der Waals surface area contributed by atoms with Gasteiger partial charge in [-0.05, 0) is 30.2 Å². The fraction of sp³-hybridized carbons (Fsp3) is 0.316. The van der Waals surface area contributed by atoms with E-state index in [-0.39, 0.29) is 27.6 Å². The molecule has 9 heteroatoms. The summed E-state index contributed by atoms with van der Waals surface area (Å²) < 4.78 is 48.5. The van der Waals surface area contributed by atoms with Gasteiger partial charge in [-0.2, -0.15) is 4.98 Å². The highest BCUT2D eigenvalue weighted by atomic mass is 32.2. The Kier molecular flexibility index (Phi) is 4.76. The molecule has 0 unspecified atom stereocenters. The SMILES string of the molecule is CC(C)CNc1oc(-c2ccco2)nc1S(=O)(=O)c1ccc2c(c1)OCCO2. The largest absolute Gasteiger partial charge is 0.486 e. The summed E-state index contributed by atoms with van der Waals surface area (Å²) in [6.07, 6.45) is 1.47. The van der Waals surface area contributed by atoms with Crippen LogP contribution >= 0.6 is 0 Å². The van der Waals surface area contributed by atoms with E-state index >= 15 is 0 Å². The van der Waals surface area contributed by atoms with Crippen molar-refractivity contribution >= 4 is 15.7 Å². The Balaban J connectivity index is 1.77. The quantitative estimate of drug-likeness (QED) is 0.664. The lowest BCUT2D eigenvalue weighted by atomic mass is 10.2. The van der Waals surface area contributed by atoms with Gasteiger partial charge < -0.3 is 23.6 Å². The van der Waals surface area contributed by atoms with E-state index in [0.29, 0.717) is 37.0 Å². The molecule has 1 N–H and O–H groups in total. The van der Waals surface area contributed by atoms with Crippen LogP contribution in [0.2, 0.25) is 0 Å². The molecule has 1 aliphatic rings. The first-order valence-corrected chi connectivity index (χ1v) is 10.4. The minimum absolute atomic E-state index is 0.0450. The average Bonchev–Trinajstić information content (AvgIpc) is 3.35. The van der Waals surface area contributed by atoms with Crippen molar-refractivity contribution in [3.05, 3.63) is 36.6 Å². The van der Waals surface area contributed by atoms with Gasteiger partial charge in [0.25, 0.3) is 5.89 Å². The molecule has 0 saturated heterocycles. The Bertz CT molecular complexity index is 1070. The van der Waals surface area contributed by atoms with Crippen LogP contribution in [0.25, 0.3) is 11.7 Å². The van der Waals surface area contributed by atoms with E-state index in [1.807, 2.05) is 13.8 Å². The van der Waals surface area contributed by atoms with Crippen LogP contribution < -0.4 is 14.8 Å². The van der Waals surface area contributed by atoms with Gasteiger partial charge in [0.05, 0.1) is 11.2 Å². The van der Waals surface area contributed by atoms with E-state index in [9.17, 15) is 8.42 Å². The first-order chi connectivity index (χ1) is 13.4. The molecule has 3 aromatic rings. The van der Waals surface area contributed by atoms with Gasteiger partial charge in [0.1, 0.15) is 13.2 Å². The van der Waals surface area contributed by atoms with Crippen molar-refractivity contribution in [3.8, 4) is 23.1 Å². The number of oxazole rings is 1. The third kappa shape index (κ3) is 3.45. The van der Waals surface area contributed by atoms with Gasteiger partial charge in [-0.25, -0.2) is 8.42 Å². The van der Waals surface area contributed by atoms with Gasteiger partial charge in [0.2, 0.25) is 20.7 Å². The second-order valence-corrected chi connectivity index (χ2v) is 8.58. The van der Waals surface area contributed by atoms with Crippen LogP contribution in [-0.2, 0) is 9.84 Å². The third-order valence-corrected chi connectivity index (χ3v) is 5.74. The van der Waals surface area contributed by atoms with Crippen molar-refractivity contribution in [2.24, 2.45) is 5.92 Å². The van der Waals surface area contributed by atoms with Crippen molar-refractivity contribution in [2.45, 2.75) is 23.8 Å². The van der Waals surface area contributed by atoms with Crippen molar-refractivity contribution in [1.82, 2.24) is 4.98 Å². The lowest BCUT2D eigenvalue weighted by Crippen LogP contribution is -2.16. The number of benzene rings is 1. The van der Waals surface area contributed by atoms with Crippen LogP contribution in [0.3, 0.4) is 0 Å². The number of anilines is 1. The Morgan fingerprint density at radius 2 is 1.93 bits per heavy atom. The molecule has 148 valence electrons. The number of hydrogen-bond acceptors (Lipinski definition) is 8. The number of rotatable bonds is 6. The molecule has 0 bridgehead atoms. The number of hydrogen-bond donors (Lipinski definition) is 1. The molecule has 0 saturated carbocycles. The van der Waals surface area contributed by atoms with Crippen molar-refractivity contribution in [2.75, 3.05) is 25.1 Å². The average molecular weight is 404 g/mol. The molecule has 0 radical (unpaired) electrons. The molecule has 8 nitrogen and oxygen atoms in total. The van der Waals surface area contributed by atoms with Crippen molar-refractivity contribution in [1.29, 1.82) is 0 Å². The molecule has 0 atom stereocenters. The van der Waals surface area contributed by atoms with Crippen LogP contribution in [0.5, 0.6) is 11.5 Å². The highest BCUT2D eigenvalue weighted by molar-refractivity contribution is 7.91. The van der Waals surface area contributed by atoms with Crippen molar-refractivity contribution in [3.63, 3.8) is 0 Å². The van der Waals surface area contributed by atoms with E-state index in [0.717, 1.165) is 0 Å². The molecule has 1 aromatic carbocycles. The number of nitrogens with one attached hydrogen (secondary N) is 1. The van der Waals surface area contributed by atoms with Gasteiger partial charge in [0.15, 0.2) is 17.3 Å². The second kappa shape index (κ2) is 7.23. The maximum atomic E-state index is 13.3. The molecule has 4 rings (SSSR count). The first kappa shape index (κ1) is 18.4. The molecule has 3 heterocycles. The number of ether oxygens (including phenoxy) is 2. The van der Waals surface area contributed by atoms with E-state index in [1.165, 1.54) is 18.4 Å². The zero-order chi connectivity index (χ0) is 19.7. The highest BCUT2D eigenvalue weighted by Gasteiger charge is 2.30. The summed E-state index contributed by atoms with van der Waals surface area (Å²) in [6, 6.07) is 7.82. The molecular weight excluding hydrogens is 384 g/mol. The molecule has 0 fully saturated rings. The van der Waals surface area contributed by atoms with Crippen LogP contribution in [0, 0.1) is 5.92 Å². The topological polar surface area (TPSA) is 104 Å². The smallest absolute Gasteiger partial charge is 0.266 e. The molecule has 0 aliphatic carbocycles. The van der Waals surface area contributed by atoms with E-state index in [4.69, 9.17) is 18.3 Å². The predicted molar refractivity (Wildman–Crippen MR) is 100 cm³/mol. The highest BCUT2D eigenvalue weighted by Crippen LogP contribution is 2.37. The standard InChI is InChI=1S/C19H20N2O6S/c1-12(2)11-20-18-19(21-17(27-18)15-4-3-7-24-15)28(22,23)13-5-6-14-16(10-13)26-9-8-25-14/h3-7,10,12,20H,8-9,11H2,1-2H3. The lowest BCUT2D eigenvalue weighted by Gasteiger charge is -2.18. The summed E-state index contributed by atoms with van der Waals surface area (Å²) in [7, 11) is -3.97. The zero-order valence-electron chi connectivity index (χ0n) is 15.5. The fourth-order valence-electron chi connectivity index (χ4n) is 2.70. The Morgan fingerprint density at radius 1 is 1.14 bits per heavy atom. The molecule has 0 amide bonds. The minimum atomic E-state index is -3.97. The predicted octanol–water partition coefficient (Wildman–Crippen LogP) is 3.61. The van der Waals surface area contributed by atoms with Gasteiger partial charge in [-0.15, -0.1) is 0 Å². The molecular formula is C19H20N2O6S. The Labute approximate surface area is 162 Å².